The number of fused-ring (bicyclic) bond motifs is 1. The lowest BCUT2D eigenvalue weighted by Gasteiger charge is -2.26. The summed E-state index contributed by atoms with van der Waals surface area (Å²) < 4.78 is 31.7. The van der Waals surface area contributed by atoms with Crippen LogP contribution in [0.25, 0.3) is 0 Å². The number of carbonyl (C=O) groups is 3. The smallest absolute Gasteiger partial charge is 0.414 e. The van der Waals surface area contributed by atoms with Gasteiger partial charge in [-0.05, 0) is 56.1 Å². The highest BCUT2D eigenvalue weighted by Gasteiger charge is 2.30. The predicted molar refractivity (Wildman–Crippen MR) is 143 cm³/mol. The van der Waals surface area contributed by atoms with Crippen LogP contribution in [-0.4, -0.2) is 68.3 Å². The summed E-state index contributed by atoms with van der Waals surface area (Å²) in [6.45, 7) is 10.4. The van der Waals surface area contributed by atoms with Crippen molar-refractivity contribution in [2.75, 3.05) is 38.1 Å². The maximum absolute atomic E-state index is 13.1. The molecule has 1 aliphatic heterocycles. The predicted octanol–water partition coefficient (Wildman–Crippen LogP) is 3.69. The summed E-state index contributed by atoms with van der Waals surface area (Å²) in [6.07, 6.45) is 0.768. The molecule has 1 aromatic heterocycles. The van der Waals surface area contributed by atoms with Gasteiger partial charge in [0, 0.05) is 36.6 Å². The molecule has 0 atom stereocenters. The molecule has 10 nitrogen and oxygen atoms in total. The van der Waals surface area contributed by atoms with E-state index in [1.807, 2.05) is 0 Å². The van der Waals surface area contributed by atoms with Gasteiger partial charge in [0.05, 0.1) is 17.1 Å². The van der Waals surface area contributed by atoms with Crippen molar-refractivity contribution in [2.24, 2.45) is 0 Å². The summed E-state index contributed by atoms with van der Waals surface area (Å²) in [5.74, 6) is -1.11. The minimum absolute atomic E-state index is 0.102. The van der Waals surface area contributed by atoms with Crippen molar-refractivity contribution in [3.63, 3.8) is 0 Å². The van der Waals surface area contributed by atoms with Gasteiger partial charge in [0.2, 0.25) is 10.0 Å². The Morgan fingerprint density at radius 1 is 1.05 bits per heavy atom. The van der Waals surface area contributed by atoms with Gasteiger partial charge >= 0.3 is 6.09 Å². The molecule has 0 unspecified atom stereocenters. The normalized spacial score (nSPS) is 13.8. The number of nitrogens with one attached hydrogen (secondary N) is 2. The second-order valence-corrected chi connectivity index (χ2v) is 11.5. The fourth-order valence-corrected chi connectivity index (χ4v) is 7.02. The first-order valence-corrected chi connectivity index (χ1v) is 14.7. The maximum Gasteiger partial charge on any atom is 0.414 e. The average molecular weight is 551 g/mol. The zero-order valence-electron chi connectivity index (χ0n) is 21.6. The molecule has 0 bridgehead atoms. The number of hydrogen-bond acceptors (Lipinski definition) is 8. The summed E-state index contributed by atoms with van der Waals surface area (Å²) in [5.41, 5.74) is 1.32. The van der Waals surface area contributed by atoms with E-state index in [4.69, 9.17) is 4.74 Å². The van der Waals surface area contributed by atoms with Crippen LogP contribution in [0.2, 0.25) is 0 Å². The molecule has 12 heteroatoms. The van der Waals surface area contributed by atoms with Gasteiger partial charge in [-0.15, -0.1) is 11.3 Å². The molecule has 3 rings (SSSR count). The molecule has 0 fully saturated rings. The SMILES string of the molecule is CCCN1CCc2c(sc(NC(=O)c3ccc(S(=O)(=O)N(CC)CC)cc3)c2C(=O)NC(=O)OCC)C1. The number of rotatable bonds is 10. The summed E-state index contributed by atoms with van der Waals surface area (Å²) in [7, 11) is -3.65. The van der Waals surface area contributed by atoms with Crippen molar-refractivity contribution in [3.8, 4) is 0 Å². The first-order chi connectivity index (χ1) is 17.7. The third-order valence-corrected chi connectivity index (χ3v) is 9.28. The third-order valence-electron chi connectivity index (χ3n) is 6.08. The summed E-state index contributed by atoms with van der Waals surface area (Å²) in [4.78, 5) is 41.4. The molecule has 2 heterocycles. The Morgan fingerprint density at radius 2 is 1.73 bits per heavy atom. The van der Waals surface area contributed by atoms with Gasteiger partial charge in [-0.3, -0.25) is 19.8 Å². The van der Waals surface area contributed by atoms with E-state index in [2.05, 4.69) is 22.5 Å². The number of nitrogens with zero attached hydrogens (tertiary/aromatic N) is 2. The molecule has 0 aliphatic carbocycles. The summed E-state index contributed by atoms with van der Waals surface area (Å²) in [5, 5.41) is 5.39. The minimum atomic E-state index is -3.65. The quantitative estimate of drug-likeness (QED) is 0.462. The Bertz CT molecular complexity index is 1240. The van der Waals surface area contributed by atoms with Crippen LogP contribution in [0.3, 0.4) is 0 Å². The van der Waals surface area contributed by atoms with E-state index in [1.165, 1.54) is 39.9 Å². The van der Waals surface area contributed by atoms with Gasteiger partial charge in [-0.25, -0.2) is 13.2 Å². The molecule has 0 saturated carbocycles. The number of alkyl carbamates (subject to hydrolysis) is 1. The number of carbonyl (C=O) groups excluding carboxylic acids is 3. The molecule has 2 aromatic rings. The zero-order chi connectivity index (χ0) is 27.2. The van der Waals surface area contributed by atoms with E-state index in [0.717, 1.165) is 30.0 Å². The highest BCUT2D eigenvalue weighted by Crippen LogP contribution is 2.37. The first kappa shape index (κ1) is 28.8. The van der Waals surface area contributed by atoms with E-state index in [-0.39, 0.29) is 22.6 Å². The molecule has 37 heavy (non-hydrogen) atoms. The molecule has 1 aromatic carbocycles. The van der Waals surface area contributed by atoms with E-state index >= 15 is 0 Å². The standard InChI is InChI=1S/C25H34N4O6S2/c1-5-14-28-15-13-19-20(16-28)36-24(21(19)23(31)27-25(32)35-8-4)26-22(30)17-9-11-18(12-10-17)37(33,34)29(6-2)7-3/h9-12H,5-8,13-16H2,1-4H3,(H,26,30)(H,27,31,32). The van der Waals surface area contributed by atoms with Gasteiger partial charge < -0.3 is 10.1 Å². The first-order valence-electron chi connectivity index (χ1n) is 12.4. The van der Waals surface area contributed by atoms with E-state index < -0.39 is 27.9 Å². The number of ether oxygens (including phenoxy) is 1. The highest BCUT2D eigenvalue weighted by atomic mass is 32.2. The lowest BCUT2D eigenvalue weighted by atomic mass is 10.0. The minimum Gasteiger partial charge on any atom is -0.450 e. The number of hydrogen-bond donors (Lipinski definition) is 2. The fraction of sp³-hybridized carbons (Fsp3) is 0.480. The van der Waals surface area contributed by atoms with Gasteiger partial charge in [-0.2, -0.15) is 4.31 Å². The Balaban J connectivity index is 1.88. The van der Waals surface area contributed by atoms with Gasteiger partial charge in [0.25, 0.3) is 11.8 Å². The van der Waals surface area contributed by atoms with E-state index in [9.17, 15) is 22.8 Å². The maximum atomic E-state index is 13.1. The molecule has 0 radical (unpaired) electrons. The van der Waals surface area contributed by atoms with Gasteiger partial charge in [-0.1, -0.05) is 20.8 Å². The molecule has 0 saturated heterocycles. The summed E-state index contributed by atoms with van der Waals surface area (Å²) in [6, 6.07) is 5.69. The van der Waals surface area contributed by atoms with E-state index in [1.54, 1.807) is 20.8 Å². The summed E-state index contributed by atoms with van der Waals surface area (Å²) >= 11 is 1.31. The van der Waals surface area contributed by atoms with Crippen LogP contribution in [0.4, 0.5) is 9.80 Å². The van der Waals surface area contributed by atoms with Crippen molar-refractivity contribution in [1.29, 1.82) is 0 Å². The highest BCUT2D eigenvalue weighted by molar-refractivity contribution is 7.89. The van der Waals surface area contributed by atoms with Crippen molar-refractivity contribution >= 4 is 44.3 Å². The molecular formula is C25H34N4O6S2. The molecule has 0 spiro atoms. The van der Waals surface area contributed by atoms with Crippen molar-refractivity contribution in [1.82, 2.24) is 14.5 Å². The van der Waals surface area contributed by atoms with Gasteiger partial charge in [0.1, 0.15) is 5.00 Å². The Morgan fingerprint density at radius 3 is 2.32 bits per heavy atom. The second-order valence-electron chi connectivity index (χ2n) is 8.48. The molecular weight excluding hydrogens is 516 g/mol. The van der Waals surface area contributed by atoms with Crippen LogP contribution >= 0.6 is 11.3 Å². The van der Waals surface area contributed by atoms with E-state index in [0.29, 0.717) is 31.1 Å². The van der Waals surface area contributed by atoms with Crippen molar-refractivity contribution < 1.29 is 27.5 Å². The number of sulfonamides is 1. The number of anilines is 1. The lowest BCUT2D eigenvalue weighted by molar-refractivity contribution is 0.0924. The molecule has 3 amide bonds. The van der Waals surface area contributed by atoms with Crippen molar-refractivity contribution in [3.05, 3.63) is 45.8 Å². The van der Waals surface area contributed by atoms with Crippen LogP contribution in [0.15, 0.2) is 29.2 Å². The van der Waals surface area contributed by atoms with Gasteiger partial charge in [0.15, 0.2) is 0 Å². The largest absolute Gasteiger partial charge is 0.450 e. The molecule has 202 valence electrons. The number of thiophene rings is 1. The van der Waals surface area contributed by atoms with Crippen LogP contribution < -0.4 is 10.6 Å². The fourth-order valence-electron chi connectivity index (χ4n) is 4.28. The Kier molecular flexibility index (Phi) is 9.82. The number of benzene rings is 1. The van der Waals surface area contributed by atoms with Crippen LogP contribution in [0, 0.1) is 0 Å². The van der Waals surface area contributed by atoms with Crippen LogP contribution in [-0.2, 0) is 27.7 Å². The topological polar surface area (TPSA) is 125 Å². The van der Waals surface area contributed by atoms with Crippen LogP contribution in [0.1, 0.15) is 65.3 Å². The molecule has 2 N–H and O–H groups in total. The third kappa shape index (κ3) is 6.56. The zero-order valence-corrected chi connectivity index (χ0v) is 23.3. The average Bonchev–Trinajstić information content (AvgIpc) is 3.22. The van der Waals surface area contributed by atoms with Crippen LogP contribution in [0.5, 0.6) is 0 Å². The second kappa shape index (κ2) is 12.6. The lowest BCUT2D eigenvalue weighted by Crippen LogP contribution is -2.34. The monoisotopic (exact) mass is 550 g/mol. The Hall–Kier alpha value is -2.80. The van der Waals surface area contributed by atoms with Crippen molar-refractivity contribution in [2.45, 2.75) is 52.0 Å². The molecule has 1 aliphatic rings. The number of amides is 3. The Labute approximate surface area is 222 Å². The number of imide groups is 1.